The zero-order chi connectivity index (χ0) is 11.8. The van der Waals surface area contributed by atoms with Crippen LogP contribution in [-0.4, -0.2) is 36.3 Å². The van der Waals surface area contributed by atoms with Crippen LogP contribution < -0.4 is 10.2 Å². The van der Waals surface area contributed by atoms with Crippen LogP contribution in [-0.2, 0) is 6.54 Å². The first-order valence-corrected chi connectivity index (χ1v) is 5.83. The third kappa shape index (κ3) is 3.47. The Labute approximate surface area is 97.3 Å². The highest BCUT2D eigenvalue weighted by Gasteiger charge is 2.09. The lowest BCUT2D eigenvalue weighted by atomic mass is 10.2. The molecule has 0 aliphatic carbocycles. The van der Waals surface area contributed by atoms with Gasteiger partial charge in [-0.2, -0.15) is 0 Å². The van der Waals surface area contributed by atoms with Gasteiger partial charge in [0.05, 0.1) is 6.61 Å². The Bertz CT molecular complexity index is 304. The number of rotatable bonds is 7. The van der Waals surface area contributed by atoms with Crippen molar-refractivity contribution in [1.29, 1.82) is 0 Å². The van der Waals surface area contributed by atoms with Crippen LogP contribution in [0.15, 0.2) is 18.3 Å². The van der Waals surface area contributed by atoms with Gasteiger partial charge in [0, 0.05) is 31.4 Å². The monoisotopic (exact) mass is 223 g/mol. The van der Waals surface area contributed by atoms with Crippen molar-refractivity contribution < 1.29 is 5.11 Å². The largest absolute Gasteiger partial charge is 0.395 e. The van der Waals surface area contributed by atoms with E-state index in [2.05, 4.69) is 35.1 Å². The van der Waals surface area contributed by atoms with Gasteiger partial charge in [0.25, 0.3) is 0 Å². The van der Waals surface area contributed by atoms with Crippen molar-refractivity contribution in [3.8, 4) is 0 Å². The Morgan fingerprint density at radius 3 is 2.88 bits per heavy atom. The molecule has 0 saturated carbocycles. The summed E-state index contributed by atoms with van der Waals surface area (Å²) in [4.78, 5) is 6.49. The van der Waals surface area contributed by atoms with Crippen LogP contribution in [0.3, 0.4) is 0 Å². The number of pyridine rings is 1. The number of aliphatic hydroxyl groups excluding tert-OH is 1. The van der Waals surface area contributed by atoms with Crippen molar-refractivity contribution in [2.45, 2.75) is 20.4 Å². The van der Waals surface area contributed by atoms with Crippen molar-refractivity contribution in [3.63, 3.8) is 0 Å². The van der Waals surface area contributed by atoms with E-state index in [9.17, 15) is 0 Å². The molecule has 0 aliphatic heterocycles. The third-order valence-corrected chi connectivity index (χ3v) is 2.48. The molecular weight excluding hydrogens is 202 g/mol. The molecule has 0 saturated heterocycles. The number of likely N-dealkylation sites (N-methyl/N-ethyl adjacent to an activating group) is 1. The van der Waals surface area contributed by atoms with Crippen LogP contribution in [0.4, 0.5) is 5.82 Å². The maximum absolute atomic E-state index is 9.01. The third-order valence-electron chi connectivity index (χ3n) is 2.48. The molecule has 0 aromatic carbocycles. The second-order valence-corrected chi connectivity index (χ2v) is 3.57. The summed E-state index contributed by atoms with van der Waals surface area (Å²) in [6.07, 6.45) is 1.80. The van der Waals surface area contributed by atoms with Crippen molar-refractivity contribution in [3.05, 3.63) is 23.9 Å². The van der Waals surface area contributed by atoms with Crippen LogP contribution in [0.2, 0.25) is 0 Å². The van der Waals surface area contributed by atoms with Gasteiger partial charge in [-0.15, -0.1) is 0 Å². The van der Waals surface area contributed by atoms with Gasteiger partial charge < -0.3 is 15.3 Å². The van der Waals surface area contributed by atoms with Gasteiger partial charge in [0.2, 0.25) is 0 Å². The smallest absolute Gasteiger partial charge is 0.133 e. The van der Waals surface area contributed by atoms with Crippen LogP contribution in [0.5, 0.6) is 0 Å². The number of nitrogens with zero attached hydrogens (tertiary/aromatic N) is 2. The number of hydrogen-bond acceptors (Lipinski definition) is 4. The molecule has 0 amide bonds. The van der Waals surface area contributed by atoms with Crippen molar-refractivity contribution >= 4 is 5.82 Å². The van der Waals surface area contributed by atoms with E-state index < -0.39 is 0 Å². The maximum Gasteiger partial charge on any atom is 0.133 e. The molecule has 16 heavy (non-hydrogen) atoms. The van der Waals surface area contributed by atoms with Crippen molar-refractivity contribution in [1.82, 2.24) is 10.3 Å². The van der Waals surface area contributed by atoms with Gasteiger partial charge in [-0.05, 0) is 19.5 Å². The zero-order valence-corrected chi connectivity index (χ0v) is 10.1. The molecule has 1 rings (SSSR count). The number of nitrogens with one attached hydrogen (secondary N) is 1. The normalized spacial score (nSPS) is 10.4. The van der Waals surface area contributed by atoms with Gasteiger partial charge in [-0.1, -0.05) is 13.0 Å². The van der Waals surface area contributed by atoms with Crippen LogP contribution in [0.25, 0.3) is 0 Å². The van der Waals surface area contributed by atoms with E-state index >= 15 is 0 Å². The predicted molar refractivity (Wildman–Crippen MR) is 66.6 cm³/mol. The fourth-order valence-electron chi connectivity index (χ4n) is 1.65. The second kappa shape index (κ2) is 7.19. The summed E-state index contributed by atoms with van der Waals surface area (Å²) in [6, 6.07) is 4.02. The first-order valence-electron chi connectivity index (χ1n) is 5.83. The first-order chi connectivity index (χ1) is 7.83. The molecule has 0 fully saturated rings. The molecule has 1 aromatic heterocycles. The molecule has 4 heteroatoms. The Hall–Kier alpha value is -1.13. The molecule has 1 aromatic rings. The summed E-state index contributed by atoms with van der Waals surface area (Å²) in [5.74, 6) is 0.972. The van der Waals surface area contributed by atoms with E-state index in [1.165, 1.54) is 5.56 Å². The molecular formula is C12H21N3O. The first kappa shape index (κ1) is 12.9. The number of hydrogen-bond donors (Lipinski definition) is 2. The van der Waals surface area contributed by atoms with Gasteiger partial charge in [-0.3, -0.25) is 0 Å². The Morgan fingerprint density at radius 1 is 1.44 bits per heavy atom. The van der Waals surface area contributed by atoms with E-state index in [1.54, 1.807) is 6.20 Å². The molecule has 90 valence electrons. The highest BCUT2D eigenvalue weighted by molar-refractivity contribution is 5.46. The maximum atomic E-state index is 9.01. The minimum Gasteiger partial charge on any atom is -0.395 e. The molecule has 0 atom stereocenters. The summed E-state index contributed by atoms with van der Waals surface area (Å²) in [7, 11) is 0. The number of aliphatic hydroxyl groups is 1. The number of anilines is 1. The van der Waals surface area contributed by atoms with E-state index in [0.29, 0.717) is 6.54 Å². The van der Waals surface area contributed by atoms with Crippen LogP contribution in [0, 0.1) is 0 Å². The molecule has 0 bridgehead atoms. The summed E-state index contributed by atoms with van der Waals surface area (Å²) in [5, 5.41) is 12.3. The number of aromatic nitrogens is 1. The predicted octanol–water partition coefficient (Wildman–Crippen LogP) is 1.01. The molecule has 2 N–H and O–H groups in total. The van der Waals surface area contributed by atoms with Crippen LogP contribution >= 0.6 is 0 Å². The van der Waals surface area contributed by atoms with Crippen LogP contribution in [0.1, 0.15) is 19.4 Å². The highest BCUT2D eigenvalue weighted by Crippen LogP contribution is 2.16. The molecule has 0 unspecified atom stereocenters. The summed E-state index contributed by atoms with van der Waals surface area (Å²) < 4.78 is 0. The summed E-state index contributed by atoms with van der Waals surface area (Å²) in [5.41, 5.74) is 1.18. The fraction of sp³-hybridized carbons (Fsp3) is 0.583. The Kier molecular flexibility index (Phi) is 5.82. The van der Waals surface area contributed by atoms with Gasteiger partial charge in [-0.25, -0.2) is 4.98 Å². The van der Waals surface area contributed by atoms with Crippen molar-refractivity contribution in [2.75, 3.05) is 31.1 Å². The summed E-state index contributed by atoms with van der Waals surface area (Å²) >= 11 is 0. The van der Waals surface area contributed by atoms with Crippen molar-refractivity contribution in [2.24, 2.45) is 0 Å². The van der Waals surface area contributed by atoms with Gasteiger partial charge in [0.1, 0.15) is 5.82 Å². The van der Waals surface area contributed by atoms with E-state index in [-0.39, 0.29) is 6.61 Å². The van der Waals surface area contributed by atoms with E-state index in [1.807, 2.05) is 6.07 Å². The van der Waals surface area contributed by atoms with E-state index in [4.69, 9.17) is 5.11 Å². The van der Waals surface area contributed by atoms with Gasteiger partial charge in [0.15, 0.2) is 0 Å². The average molecular weight is 223 g/mol. The average Bonchev–Trinajstić information content (AvgIpc) is 2.34. The SMILES string of the molecule is CCNCc1cccnc1N(CC)CCO. The zero-order valence-electron chi connectivity index (χ0n) is 10.1. The molecule has 4 nitrogen and oxygen atoms in total. The lowest BCUT2D eigenvalue weighted by Crippen LogP contribution is -2.29. The Balaban J connectivity index is 2.82. The quantitative estimate of drug-likeness (QED) is 0.724. The topological polar surface area (TPSA) is 48.4 Å². The lowest BCUT2D eigenvalue weighted by molar-refractivity contribution is 0.302. The minimum absolute atomic E-state index is 0.158. The Morgan fingerprint density at radius 2 is 2.25 bits per heavy atom. The fourth-order valence-corrected chi connectivity index (χ4v) is 1.65. The minimum atomic E-state index is 0.158. The molecule has 0 spiro atoms. The molecule has 1 heterocycles. The second-order valence-electron chi connectivity index (χ2n) is 3.57. The van der Waals surface area contributed by atoms with Gasteiger partial charge >= 0.3 is 0 Å². The molecule has 0 aliphatic rings. The van der Waals surface area contributed by atoms with E-state index in [0.717, 1.165) is 25.5 Å². The summed E-state index contributed by atoms with van der Waals surface area (Å²) in [6.45, 7) is 7.57. The standard InChI is InChI=1S/C12H21N3O/c1-3-13-10-11-6-5-7-14-12(11)15(4-2)8-9-16/h5-7,13,16H,3-4,8-10H2,1-2H3. The highest BCUT2D eigenvalue weighted by atomic mass is 16.3. The lowest BCUT2D eigenvalue weighted by Gasteiger charge is -2.23. The molecule has 0 radical (unpaired) electrons.